The second-order valence-corrected chi connectivity index (χ2v) is 1.88. The lowest BCUT2D eigenvalue weighted by Gasteiger charge is -1.87. The van der Waals surface area contributed by atoms with E-state index in [1.807, 2.05) is 18.1 Å². The summed E-state index contributed by atoms with van der Waals surface area (Å²) in [7, 11) is 0.829. The minimum Gasteiger partial charge on any atom is -0.296 e. The number of Topliss-reactive ketones (excluding diaryl/α,β-unsaturated/α-hetero) is 1. The van der Waals surface area contributed by atoms with Gasteiger partial charge in [-0.1, -0.05) is 12.2 Å². The smallest absolute Gasteiger partial charge is 0.187 e. The molecule has 0 aromatic heterocycles. The van der Waals surface area contributed by atoms with Crippen LogP contribution in [0, 0.1) is 0 Å². The average molecular weight is 106 g/mol. The number of allylic oxidation sites excluding steroid dienone is 3. The summed E-state index contributed by atoms with van der Waals surface area (Å²) >= 11 is 0. The summed E-state index contributed by atoms with van der Waals surface area (Å²) in [4.78, 5) is 10.5. The van der Waals surface area contributed by atoms with E-state index in [1.165, 1.54) is 0 Å². The van der Waals surface area contributed by atoms with Gasteiger partial charge in [0.05, 0.1) is 0 Å². The van der Waals surface area contributed by atoms with Gasteiger partial charge in [0.1, 0.15) is 5.78 Å². The quantitative estimate of drug-likeness (QED) is 0.442. The van der Waals surface area contributed by atoms with Gasteiger partial charge in [0.15, 0.2) is 7.28 Å². The SMILES string of the molecule is CC(=O)C1=CC=CB1. The van der Waals surface area contributed by atoms with Gasteiger partial charge < -0.3 is 0 Å². The standard InChI is InChI=1S/C6H7BO/c1-5(8)6-3-2-4-7-6/h2-4,7H,1H3. The van der Waals surface area contributed by atoms with Crippen LogP contribution >= 0.6 is 0 Å². The molecular weight excluding hydrogens is 98.9 g/mol. The maximum atomic E-state index is 10.5. The fourth-order valence-corrected chi connectivity index (χ4v) is 0.708. The van der Waals surface area contributed by atoms with Crippen LogP contribution in [-0.2, 0) is 4.79 Å². The van der Waals surface area contributed by atoms with Crippen LogP contribution in [0.4, 0.5) is 0 Å². The topological polar surface area (TPSA) is 17.1 Å². The molecule has 0 spiro atoms. The van der Waals surface area contributed by atoms with Gasteiger partial charge in [-0.2, -0.15) is 0 Å². The Hall–Kier alpha value is -0.785. The van der Waals surface area contributed by atoms with E-state index in [4.69, 9.17) is 0 Å². The largest absolute Gasteiger partial charge is 0.296 e. The van der Waals surface area contributed by atoms with Crippen LogP contribution in [0.2, 0.25) is 0 Å². The van der Waals surface area contributed by atoms with Crippen LogP contribution in [0.15, 0.2) is 23.6 Å². The number of hydrogen-bond acceptors (Lipinski definition) is 1. The van der Waals surface area contributed by atoms with Gasteiger partial charge in [-0.3, -0.25) is 4.79 Å². The summed E-state index contributed by atoms with van der Waals surface area (Å²) in [6.45, 7) is 1.60. The Morgan fingerprint density at radius 2 is 2.50 bits per heavy atom. The normalized spacial score (nSPS) is 15.4. The second kappa shape index (κ2) is 1.99. The lowest BCUT2D eigenvalue weighted by Crippen LogP contribution is -1.99. The molecule has 40 valence electrons. The van der Waals surface area contributed by atoms with Crippen LogP contribution in [-0.4, -0.2) is 13.1 Å². The number of ketones is 1. The average Bonchev–Trinajstić information content (AvgIpc) is 2.12. The summed E-state index contributed by atoms with van der Waals surface area (Å²) < 4.78 is 0. The first-order chi connectivity index (χ1) is 3.80. The van der Waals surface area contributed by atoms with Crippen molar-refractivity contribution in [3.63, 3.8) is 0 Å². The van der Waals surface area contributed by atoms with Crippen molar-refractivity contribution in [1.29, 1.82) is 0 Å². The molecule has 0 amide bonds. The molecule has 1 aliphatic rings. The molecule has 0 unspecified atom stereocenters. The Labute approximate surface area is 49.3 Å². The fraction of sp³-hybridized carbons (Fsp3) is 0.167. The van der Waals surface area contributed by atoms with Crippen LogP contribution in [0.5, 0.6) is 0 Å². The van der Waals surface area contributed by atoms with E-state index in [1.54, 1.807) is 6.92 Å². The van der Waals surface area contributed by atoms with Crippen LogP contribution in [0.3, 0.4) is 0 Å². The molecule has 0 bridgehead atoms. The molecule has 0 radical (unpaired) electrons. The fourth-order valence-electron chi connectivity index (χ4n) is 0.708. The zero-order valence-electron chi connectivity index (χ0n) is 4.85. The minimum absolute atomic E-state index is 0.190. The molecule has 0 atom stereocenters. The zero-order chi connectivity index (χ0) is 5.98. The predicted molar refractivity (Wildman–Crippen MR) is 35.1 cm³/mol. The minimum atomic E-state index is 0.190. The van der Waals surface area contributed by atoms with Crippen molar-refractivity contribution < 1.29 is 4.79 Å². The highest BCUT2D eigenvalue weighted by Gasteiger charge is 2.03. The first-order valence-electron chi connectivity index (χ1n) is 2.67. The number of hydrogen-bond donors (Lipinski definition) is 0. The van der Waals surface area contributed by atoms with Gasteiger partial charge in [0.2, 0.25) is 0 Å². The highest BCUT2D eigenvalue weighted by Crippen LogP contribution is 2.00. The zero-order valence-corrected chi connectivity index (χ0v) is 4.85. The van der Waals surface area contributed by atoms with Gasteiger partial charge in [-0.25, -0.2) is 0 Å². The van der Waals surface area contributed by atoms with Crippen molar-refractivity contribution in [3.8, 4) is 0 Å². The third-order valence-corrected chi connectivity index (χ3v) is 1.22. The van der Waals surface area contributed by atoms with E-state index in [0.29, 0.717) is 0 Å². The highest BCUT2D eigenvalue weighted by molar-refractivity contribution is 6.59. The van der Waals surface area contributed by atoms with E-state index < -0.39 is 0 Å². The third kappa shape index (κ3) is 0.888. The Morgan fingerprint density at radius 1 is 1.75 bits per heavy atom. The molecular formula is C6H7BO. The molecule has 0 saturated heterocycles. The molecule has 1 nitrogen and oxygen atoms in total. The lowest BCUT2D eigenvalue weighted by atomic mass is 9.71. The molecule has 0 aromatic carbocycles. The molecule has 0 aromatic rings. The van der Waals surface area contributed by atoms with E-state index in [-0.39, 0.29) is 5.78 Å². The Balaban J connectivity index is 2.64. The molecule has 0 N–H and O–H groups in total. The van der Waals surface area contributed by atoms with Gasteiger partial charge in [-0.15, -0.1) is 5.98 Å². The van der Waals surface area contributed by atoms with Gasteiger partial charge in [0, 0.05) is 0 Å². The second-order valence-electron chi connectivity index (χ2n) is 1.88. The summed E-state index contributed by atoms with van der Waals surface area (Å²) in [5.74, 6) is 2.17. The highest BCUT2D eigenvalue weighted by atomic mass is 16.1. The summed E-state index contributed by atoms with van der Waals surface area (Å²) in [6, 6.07) is 0. The van der Waals surface area contributed by atoms with E-state index >= 15 is 0 Å². The van der Waals surface area contributed by atoms with Crippen molar-refractivity contribution in [2.45, 2.75) is 6.92 Å². The van der Waals surface area contributed by atoms with Gasteiger partial charge in [0.25, 0.3) is 0 Å². The number of rotatable bonds is 1. The molecule has 2 heteroatoms. The van der Waals surface area contributed by atoms with Gasteiger partial charge >= 0.3 is 0 Å². The predicted octanol–water partition coefficient (Wildman–Crippen LogP) is 0.423. The maximum absolute atomic E-state index is 10.5. The number of carbonyl (C=O) groups excluding carboxylic acids is 1. The molecule has 8 heavy (non-hydrogen) atoms. The van der Waals surface area contributed by atoms with Crippen LogP contribution in [0.25, 0.3) is 0 Å². The summed E-state index contributed by atoms with van der Waals surface area (Å²) in [5, 5.41) is 0. The van der Waals surface area contributed by atoms with Crippen molar-refractivity contribution in [1.82, 2.24) is 0 Å². The Bertz CT molecular complexity index is 167. The van der Waals surface area contributed by atoms with E-state index in [0.717, 1.165) is 12.8 Å². The third-order valence-electron chi connectivity index (χ3n) is 1.22. The molecule has 0 aliphatic carbocycles. The van der Waals surface area contributed by atoms with E-state index in [9.17, 15) is 4.79 Å². The molecule has 1 aliphatic heterocycles. The van der Waals surface area contributed by atoms with Crippen molar-refractivity contribution in [2.75, 3.05) is 0 Å². The monoisotopic (exact) mass is 106 g/mol. The van der Waals surface area contributed by atoms with Crippen LogP contribution in [0.1, 0.15) is 6.92 Å². The number of carbonyl (C=O) groups is 1. The summed E-state index contributed by atoms with van der Waals surface area (Å²) in [5.41, 5.74) is 0.921. The molecule has 1 heterocycles. The summed E-state index contributed by atoms with van der Waals surface area (Å²) in [6.07, 6.45) is 3.78. The first-order valence-corrected chi connectivity index (χ1v) is 2.67. The van der Waals surface area contributed by atoms with Gasteiger partial charge in [-0.05, 0) is 12.4 Å². The van der Waals surface area contributed by atoms with Crippen molar-refractivity contribution in [2.24, 2.45) is 0 Å². The van der Waals surface area contributed by atoms with Crippen molar-refractivity contribution >= 4 is 13.1 Å². The first kappa shape index (κ1) is 5.35. The lowest BCUT2D eigenvalue weighted by molar-refractivity contribution is -0.113. The Morgan fingerprint density at radius 3 is 2.75 bits per heavy atom. The van der Waals surface area contributed by atoms with E-state index in [2.05, 4.69) is 0 Å². The molecule has 0 saturated carbocycles. The Kier molecular flexibility index (Phi) is 1.33. The maximum Gasteiger partial charge on any atom is 0.187 e. The van der Waals surface area contributed by atoms with Crippen molar-refractivity contribution in [3.05, 3.63) is 23.6 Å². The molecule has 0 fully saturated rings. The molecule has 1 rings (SSSR count). The van der Waals surface area contributed by atoms with Crippen LogP contribution < -0.4 is 0 Å².